The summed E-state index contributed by atoms with van der Waals surface area (Å²) in [6.07, 6.45) is 3.21. The third-order valence-corrected chi connectivity index (χ3v) is 3.70. The highest BCUT2D eigenvalue weighted by atomic mass is 16.4. The van der Waals surface area contributed by atoms with E-state index >= 15 is 0 Å². The van der Waals surface area contributed by atoms with E-state index in [0.717, 1.165) is 25.3 Å². The molecule has 6 nitrogen and oxygen atoms in total. The smallest absolute Gasteiger partial charge is 0.329 e. The van der Waals surface area contributed by atoms with Gasteiger partial charge in [0.1, 0.15) is 17.0 Å². The van der Waals surface area contributed by atoms with E-state index in [9.17, 15) is 24.9 Å². The monoisotopic (exact) mass is 279 g/mol. The summed E-state index contributed by atoms with van der Waals surface area (Å²) in [4.78, 5) is 23.6. The third kappa shape index (κ3) is 2.68. The van der Waals surface area contributed by atoms with Crippen molar-refractivity contribution in [3.8, 4) is 11.5 Å². The maximum Gasteiger partial charge on any atom is 0.329 e. The van der Waals surface area contributed by atoms with Gasteiger partial charge in [-0.15, -0.1) is 0 Å². The van der Waals surface area contributed by atoms with Crippen LogP contribution >= 0.6 is 0 Å². The van der Waals surface area contributed by atoms with Gasteiger partial charge in [-0.2, -0.15) is 0 Å². The minimum atomic E-state index is -1.26. The van der Waals surface area contributed by atoms with Gasteiger partial charge in [-0.1, -0.05) is 19.3 Å². The Balaban J connectivity index is 2.22. The molecule has 1 aliphatic carbocycles. The Morgan fingerprint density at radius 3 is 2.30 bits per heavy atom. The second kappa shape index (κ2) is 5.40. The summed E-state index contributed by atoms with van der Waals surface area (Å²) in [6.45, 7) is 0. The lowest BCUT2D eigenvalue weighted by atomic mass is 9.81. The van der Waals surface area contributed by atoms with Gasteiger partial charge in [0.25, 0.3) is 5.91 Å². The Morgan fingerprint density at radius 2 is 1.75 bits per heavy atom. The average Bonchev–Trinajstić information content (AvgIpc) is 2.39. The number of hydrogen-bond donors (Lipinski definition) is 4. The zero-order chi connectivity index (χ0) is 14.8. The van der Waals surface area contributed by atoms with Crippen LogP contribution in [0.3, 0.4) is 0 Å². The molecule has 0 aromatic heterocycles. The highest BCUT2D eigenvalue weighted by Crippen LogP contribution is 2.30. The van der Waals surface area contributed by atoms with Crippen molar-refractivity contribution in [1.82, 2.24) is 5.32 Å². The summed E-state index contributed by atoms with van der Waals surface area (Å²) >= 11 is 0. The number of hydrogen-bond acceptors (Lipinski definition) is 4. The van der Waals surface area contributed by atoms with Crippen molar-refractivity contribution >= 4 is 11.9 Å². The number of amides is 1. The van der Waals surface area contributed by atoms with Crippen LogP contribution in [-0.4, -0.2) is 32.7 Å². The molecule has 1 aliphatic rings. The van der Waals surface area contributed by atoms with Crippen LogP contribution in [0, 0.1) is 0 Å². The first-order valence-corrected chi connectivity index (χ1v) is 6.52. The van der Waals surface area contributed by atoms with Crippen molar-refractivity contribution in [1.29, 1.82) is 0 Å². The van der Waals surface area contributed by atoms with E-state index < -0.39 is 17.4 Å². The Labute approximate surface area is 116 Å². The Hall–Kier alpha value is -2.24. The fourth-order valence-corrected chi connectivity index (χ4v) is 2.54. The lowest BCUT2D eigenvalue weighted by Gasteiger charge is -2.34. The fraction of sp³-hybridized carbons (Fsp3) is 0.429. The number of carboxylic acids is 1. The summed E-state index contributed by atoms with van der Waals surface area (Å²) in [7, 11) is 0. The van der Waals surface area contributed by atoms with Crippen molar-refractivity contribution in [2.75, 3.05) is 0 Å². The van der Waals surface area contributed by atoms with Gasteiger partial charge in [-0.3, -0.25) is 4.79 Å². The lowest BCUT2D eigenvalue weighted by molar-refractivity contribution is -0.145. The minimum Gasteiger partial charge on any atom is -0.508 e. The van der Waals surface area contributed by atoms with E-state index in [1.165, 1.54) is 12.1 Å². The zero-order valence-electron chi connectivity index (χ0n) is 10.9. The number of benzene rings is 1. The molecule has 1 aromatic carbocycles. The van der Waals surface area contributed by atoms with E-state index in [-0.39, 0.29) is 17.1 Å². The summed E-state index contributed by atoms with van der Waals surface area (Å²) in [5.41, 5.74) is -1.31. The van der Waals surface area contributed by atoms with Gasteiger partial charge in [0.2, 0.25) is 0 Å². The normalized spacial score (nSPS) is 17.4. The van der Waals surface area contributed by atoms with Gasteiger partial charge >= 0.3 is 5.97 Å². The second-order valence-electron chi connectivity index (χ2n) is 5.10. The molecule has 0 radical (unpaired) electrons. The molecule has 108 valence electrons. The SMILES string of the molecule is O=C(NC1(C(=O)O)CCCCC1)c1ccc(O)cc1O. The lowest BCUT2D eigenvalue weighted by Crippen LogP contribution is -2.55. The van der Waals surface area contributed by atoms with Gasteiger partial charge in [-0.25, -0.2) is 4.79 Å². The predicted octanol–water partition coefficient (Wildman–Crippen LogP) is 1.62. The third-order valence-electron chi connectivity index (χ3n) is 3.70. The summed E-state index contributed by atoms with van der Waals surface area (Å²) < 4.78 is 0. The molecule has 0 heterocycles. The van der Waals surface area contributed by atoms with E-state index in [4.69, 9.17) is 0 Å². The van der Waals surface area contributed by atoms with Crippen molar-refractivity contribution in [2.45, 2.75) is 37.6 Å². The number of carboxylic acid groups (broad SMARTS) is 1. The summed E-state index contributed by atoms with van der Waals surface area (Å²) in [5, 5.41) is 30.7. The molecule has 0 saturated heterocycles. The molecule has 0 bridgehead atoms. The number of aromatic hydroxyl groups is 2. The fourth-order valence-electron chi connectivity index (χ4n) is 2.54. The van der Waals surface area contributed by atoms with Crippen LogP contribution in [0.15, 0.2) is 18.2 Å². The molecule has 0 atom stereocenters. The Bertz CT molecular complexity index is 534. The van der Waals surface area contributed by atoms with Crippen molar-refractivity contribution in [3.05, 3.63) is 23.8 Å². The first kappa shape index (κ1) is 14.2. The Morgan fingerprint density at radius 1 is 1.10 bits per heavy atom. The highest BCUT2D eigenvalue weighted by molar-refractivity contribution is 6.00. The molecule has 4 N–H and O–H groups in total. The summed E-state index contributed by atoms with van der Waals surface area (Å²) in [6, 6.07) is 3.57. The first-order chi connectivity index (χ1) is 9.44. The number of phenolic OH excluding ortho intramolecular Hbond substituents is 2. The van der Waals surface area contributed by atoms with Crippen LogP contribution in [0.1, 0.15) is 42.5 Å². The molecule has 1 fully saturated rings. The molecule has 6 heteroatoms. The van der Waals surface area contributed by atoms with Gasteiger partial charge in [-0.05, 0) is 25.0 Å². The number of rotatable bonds is 3. The van der Waals surface area contributed by atoms with Crippen molar-refractivity contribution in [3.63, 3.8) is 0 Å². The van der Waals surface area contributed by atoms with E-state index in [1.54, 1.807) is 0 Å². The maximum absolute atomic E-state index is 12.1. The first-order valence-electron chi connectivity index (χ1n) is 6.52. The van der Waals surface area contributed by atoms with Gasteiger partial charge < -0.3 is 20.6 Å². The van der Waals surface area contributed by atoms with Crippen molar-refractivity contribution < 1.29 is 24.9 Å². The van der Waals surface area contributed by atoms with Gasteiger partial charge in [0, 0.05) is 6.07 Å². The summed E-state index contributed by atoms with van der Waals surface area (Å²) in [5.74, 6) is -2.24. The molecular weight excluding hydrogens is 262 g/mol. The van der Waals surface area contributed by atoms with Crippen LogP contribution < -0.4 is 5.32 Å². The number of phenols is 2. The molecule has 2 rings (SSSR count). The molecule has 1 saturated carbocycles. The number of nitrogens with one attached hydrogen (secondary N) is 1. The minimum absolute atomic E-state index is 0.0472. The van der Waals surface area contributed by atoms with Gasteiger partial charge in [0.05, 0.1) is 5.56 Å². The van der Waals surface area contributed by atoms with Crippen LogP contribution in [-0.2, 0) is 4.79 Å². The molecular formula is C14H17NO5. The highest BCUT2D eigenvalue weighted by Gasteiger charge is 2.41. The molecule has 20 heavy (non-hydrogen) atoms. The molecule has 1 amide bonds. The Kier molecular flexibility index (Phi) is 3.83. The second-order valence-corrected chi connectivity index (χ2v) is 5.10. The topological polar surface area (TPSA) is 107 Å². The van der Waals surface area contributed by atoms with Crippen molar-refractivity contribution in [2.24, 2.45) is 0 Å². The van der Waals surface area contributed by atoms with Crippen LogP contribution in [0.25, 0.3) is 0 Å². The maximum atomic E-state index is 12.1. The molecule has 0 spiro atoms. The number of aliphatic carboxylic acids is 1. The average molecular weight is 279 g/mol. The van der Waals surface area contributed by atoms with Gasteiger partial charge in [0.15, 0.2) is 0 Å². The predicted molar refractivity (Wildman–Crippen MR) is 70.7 cm³/mol. The van der Waals surface area contributed by atoms with E-state index in [2.05, 4.69) is 5.32 Å². The van der Waals surface area contributed by atoms with Crippen LogP contribution in [0.2, 0.25) is 0 Å². The largest absolute Gasteiger partial charge is 0.508 e. The number of carbonyl (C=O) groups excluding carboxylic acids is 1. The van der Waals surface area contributed by atoms with E-state index in [0.29, 0.717) is 12.8 Å². The molecule has 0 aliphatic heterocycles. The van der Waals surface area contributed by atoms with Crippen LogP contribution in [0.5, 0.6) is 11.5 Å². The standard InChI is InChI=1S/C14H17NO5/c16-9-4-5-10(11(17)8-9)12(18)15-14(13(19)20)6-2-1-3-7-14/h4-5,8,16-17H,1-3,6-7H2,(H,15,18)(H,19,20). The van der Waals surface area contributed by atoms with Crippen LogP contribution in [0.4, 0.5) is 0 Å². The quantitative estimate of drug-likeness (QED) is 0.672. The zero-order valence-corrected chi connectivity index (χ0v) is 10.9. The molecule has 1 aromatic rings. The van der Waals surface area contributed by atoms with E-state index in [1.807, 2.05) is 0 Å². The molecule has 0 unspecified atom stereocenters. The number of carbonyl (C=O) groups is 2.